The van der Waals surface area contributed by atoms with Crippen molar-refractivity contribution in [1.29, 1.82) is 0 Å². The normalized spacial score (nSPS) is 21.8. The molecule has 0 spiro atoms. The van der Waals surface area contributed by atoms with E-state index in [1.807, 2.05) is 32.0 Å². The van der Waals surface area contributed by atoms with Crippen molar-refractivity contribution in [3.8, 4) is 0 Å². The molecular weight excluding hydrogens is 266 g/mol. The molecule has 0 aliphatic carbocycles. The van der Waals surface area contributed by atoms with Crippen molar-refractivity contribution >= 4 is 17.5 Å². The Balaban J connectivity index is 1.92. The van der Waals surface area contributed by atoms with Gasteiger partial charge in [-0.2, -0.15) is 0 Å². The lowest BCUT2D eigenvalue weighted by atomic mass is 9.97. The van der Waals surface area contributed by atoms with Gasteiger partial charge in [0.15, 0.2) is 6.54 Å². The van der Waals surface area contributed by atoms with Gasteiger partial charge >= 0.3 is 0 Å². The summed E-state index contributed by atoms with van der Waals surface area (Å²) >= 11 is 0. The fourth-order valence-corrected chi connectivity index (χ4v) is 2.86. The topological polar surface area (TPSA) is 76.6 Å². The first-order chi connectivity index (χ1) is 9.97. The van der Waals surface area contributed by atoms with E-state index >= 15 is 0 Å². The zero-order valence-electron chi connectivity index (χ0n) is 12.7. The first kappa shape index (κ1) is 15.5. The number of carbonyl (C=O) groups is 2. The molecule has 2 amide bonds. The van der Waals surface area contributed by atoms with Gasteiger partial charge in [0.25, 0.3) is 5.91 Å². The molecule has 1 aliphatic rings. The predicted molar refractivity (Wildman–Crippen MR) is 82.0 cm³/mol. The van der Waals surface area contributed by atoms with Gasteiger partial charge in [0.05, 0.1) is 19.0 Å². The van der Waals surface area contributed by atoms with E-state index in [0.29, 0.717) is 13.1 Å². The van der Waals surface area contributed by atoms with Crippen LogP contribution in [0.25, 0.3) is 0 Å². The quantitative estimate of drug-likeness (QED) is 0.731. The highest BCUT2D eigenvalue weighted by molar-refractivity contribution is 5.92. The number of aryl methyl sites for hydroxylation is 1. The molecule has 2 rings (SSSR count). The van der Waals surface area contributed by atoms with Crippen LogP contribution in [0.3, 0.4) is 0 Å². The fourth-order valence-electron chi connectivity index (χ4n) is 2.86. The number of benzene rings is 1. The molecule has 1 heterocycles. The van der Waals surface area contributed by atoms with E-state index < -0.39 is 0 Å². The maximum atomic E-state index is 12.2. The number of rotatable bonds is 4. The lowest BCUT2D eigenvalue weighted by Crippen LogP contribution is -3.14. The number of amides is 2. The molecule has 0 bridgehead atoms. The first-order valence-electron chi connectivity index (χ1n) is 7.46. The van der Waals surface area contributed by atoms with Gasteiger partial charge in [0, 0.05) is 5.69 Å². The summed E-state index contributed by atoms with van der Waals surface area (Å²) in [6.45, 7) is 6.00. The smallest absolute Gasteiger partial charge is 0.279 e. The van der Waals surface area contributed by atoms with Crippen LogP contribution in [-0.4, -0.2) is 31.4 Å². The van der Waals surface area contributed by atoms with Gasteiger partial charge in [-0.1, -0.05) is 12.1 Å². The molecule has 1 aromatic rings. The molecule has 5 nitrogen and oxygen atoms in total. The number of nitrogens with one attached hydrogen (secondary N) is 2. The van der Waals surface area contributed by atoms with Crippen LogP contribution < -0.4 is 16.0 Å². The van der Waals surface area contributed by atoms with E-state index in [4.69, 9.17) is 5.73 Å². The fraction of sp³-hybridized carbons (Fsp3) is 0.500. The van der Waals surface area contributed by atoms with Crippen LogP contribution in [0.4, 0.5) is 5.69 Å². The molecule has 0 radical (unpaired) electrons. The summed E-state index contributed by atoms with van der Waals surface area (Å²) in [6.07, 6.45) is 1.79. The highest BCUT2D eigenvalue weighted by Gasteiger charge is 2.28. The summed E-state index contributed by atoms with van der Waals surface area (Å²) < 4.78 is 0. The first-order valence-corrected chi connectivity index (χ1v) is 7.46. The van der Waals surface area contributed by atoms with Crippen LogP contribution >= 0.6 is 0 Å². The summed E-state index contributed by atoms with van der Waals surface area (Å²) in [5, 5.41) is 2.97. The number of hydrogen-bond acceptors (Lipinski definition) is 2. The molecule has 5 heteroatoms. The molecule has 114 valence electrons. The van der Waals surface area contributed by atoms with Gasteiger partial charge in [-0.25, -0.2) is 0 Å². The Labute approximate surface area is 125 Å². The van der Waals surface area contributed by atoms with Crippen molar-refractivity contribution in [1.82, 2.24) is 0 Å². The zero-order chi connectivity index (χ0) is 15.4. The number of primary amides is 1. The number of anilines is 1. The van der Waals surface area contributed by atoms with Crippen molar-refractivity contribution in [2.45, 2.75) is 26.7 Å². The Morgan fingerprint density at radius 2 is 2.14 bits per heavy atom. The van der Waals surface area contributed by atoms with Crippen molar-refractivity contribution in [2.75, 3.05) is 25.0 Å². The third-order valence-electron chi connectivity index (χ3n) is 4.31. The van der Waals surface area contributed by atoms with Gasteiger partial charge in [0.2, 0.25) is 5.91 Å². The standard InChI is InChI=1S/C16H23N3O2/c1-11-5-3-7-14(12(11)2)18-15(20)10-19-8-4-6-13(9-19)16(17)21/h3,5,7,13H,4,6,8-10H2,1-2H3,(H2,17,21)(H,18,20)/p+1/t13-/m1/s1. The molecule has 1 unspecified atom stereocenters. The zero-order valence-corrected chi connectivity index (χ0v) is 12.7. The van der Waals surface area contributed by atoms with Gasteiger partial charge in [-0.15, -0.1) is 0 Å². The Kier molecular flexibility index (Phi) is 4.96. The number of carbonyl (C=O) groups excluding carboxylic acids is 2. The minimum Gasteiger partial charge on any atom is -0.369 e. The van der Waals surface area contributed by atoms with E-state index in [9.17, 15) is 9.59 Å². The minimum absolute atomic E-state index is 0.0104. The summed E-state index contributed by atoms with van der Waals surface area (Å²) in [5.41, 5.74) is 8.48. The maximum Gasteiger partial charge on any atom is 0.279 e. The van der Waals surface area contributed by atoms with E-state index in [1.165, 1.54) is 0 Å². The van der Waals surface area contributed by atoms with Crippen LogP contribution in [0.5, 0.6) is 0 Å². The van der Waals surface area contributed by atoms with E-state index in [-0.39, 0.29) is 17.7 Å². The monoisotopic (exact) mass is 290 g/mol. The summed E-state index contributed by atoms with van der Waals surface area (Å²) in [7, 11) is 0. The Hall–Kier alpha value is -1.88. The lowest BCUT2D eigenvalue weighted by molar-refractivity contribution is -0.899. The van der Waals surface area contributed by atoms with Gasteiger partial charge in [0.1, 0.15) is 0 Å². The van der Waals surface area contributed by atoms with Gasteiger partial charge in [-0.05, 0) is 43.9 Å². The molecule has 2 atom stereocenters. The van der Waals surface area contributed by atoms with Crippen molar-refractivity contribution in [2.24, 2.45) is 11.7 Å². The predicted octanol–water partition coefficient (Wildman–Crippen LogP) is 0.0221. The molecular formula is C16H24N3O2+. The van der Waals surface area contributed by atoms with Crippen LogP contribution in [0.15, 0.2) is 18.2 Å². The highest BCUT2D eigenvalue weighted by atomic mass is 16.2. The molecule has 1 aliphatic heterocycles. The number of likely N-dealkylation sites (tertiary alicyclic amines) is 1. The average Bonchev–Trinajstić information content (AvgIpc) is 2.44. The number of nitrogens with two attached hydrogens (primary N) is 1. The van der Waals surface area contributed by atoms with Gasteiger partial charge in [-0.3, -0.25) is 9.59 Å². The van der Waals surface area contributed by atoms with E-state index in [1.54, 1.807) is 0 Å². The maximum absolute atomic E-state index is 12.2. The van der Waals surface area contributed by atoms with Crippen LogP contribution in [-0.2, 0) is 9.59 Å². The number of piperidine rings is 1. The third kappa shape index (κ3) is 4.04. The molecule has 0 saturated carbocycles. The second-order valence-corrected chi connectivity index (χ2v) is 5.92. The largest absolute Gasteiger partial charge is 0.369 e. The second kappa shape index (κ2) is 6.72. The minimum atomic E-state index is -0.248. The van der Waals surface area contributed by atoms with Crippen molar-refractivity contribution < 1.29 is 14.5 Å². The third-order valence-corrected chi connectivity index (χ3v) is 4.31. The molecule has 4 N–H and O–H groups in total. The molecule has 1 saturated heterocycles. The SMILES string of the molecule is Cc1cccc(NC(=O)C[NH+]2CCC[C@@H](C(N)=O)C2)c1C. The Morgan fingerprint density at radius 3 is 2.86 bits per heavy atom. The van der Waals surface area contributed by atoms with Crippen LogP contribution in [0.2, 0.25) is 0 Å². The molecule has 21 heavy (non-hydrogen) atoms. The molecule has 1 aromatic carbocycles. The van der Waals surface area contributed by atoms with E-state index in [2.05, 4.69) is 5.32 Å². The Morgan fingerprint density at radius 1 is 1.38 bits per heavy atom. The molecule has 1 fully saturated rings. The lowest BCUT2D eigenvalue weighted by Gasteiger charge is -2.27. The van der Waals surface area contributed by atoms with Crippen molar-refractivity contribution in [3.05, 3.63) is 29.3 Å². The summed E-state index contributed by atoms with van der Waals surface area (Å²) in [5.74, 6) is -0.354. The Bertz CT molecular complexity index is 542. The average molecular weight is 290 g/mol. The van der Waals surface area contributed by atoms with Gasteiger partial charge < -0.3 is 16.0 Å². The summed E-state index contributed by atoms with van der Waals surface area (Å²) in [6, 6.07) is 5.88. The second-order valence-electron chi connectivity index (χ2n) is 5.92. The number of quaternary nitrogens is 1. The summed E-state index contributed by atoms with van der Waals surface area (Å²) in [4.78, 5) is 24.6. The van der Waals surface area contributed by atoms with E-state index in [0.717, 1.165) is 41.1 Å². The van der Waals surface area contributed by atoms with Crippen LogP contribution in [0, 0.1) is 19.8 Å². The van der Waals surface area contributed by atoms with Crippen LogP contribution in [0.1, 0.15) is 24.0 Å². The molecule has 0 aromatic heterocycles. The highest BCUT2D eigenvalue weighted by Crippen LogP contribution is 2.17. The number of hydrogen-bond donors (Lipinski definition) is 3. The van der Waals surface area contributed by atoms with Crippen molar-refractivity contribution in [3.63, 3.8) is 0 Å².